The van der Waals surface area contributed by atoms with Gasteiger partial charge in [-0.3, -0.25) is 0 Å². The number of aromatic carboxylic acids is 1. The van der Waals surface area contributed by atoms with Crippen LogP contribution in [0.2, 0.25) is 0 Å². The lowest BCUT2D eigenvalue weighted by molar-refractivity contribution is 0.0687. The van der Waals surface area contributed by atoms with Crippen LogP contribution in [0.3, 0.4) is 0 Å². The second kappa shape index (κ2) is 7.41. The number of aromatic nitrogens is 3. The largest absolute Gasteiger partial charge is 0.497 e. The molecule has 7 nitrogen and oxygen atoms in total. The topological polar surface area (TPSA) is 103 Å². The first-order chi connectivity index (χ1) is 15.0. The third kappa shape index (κ3) is 3.27. The van der Waals surface area contributed by atoms with Gasteiger partial charge in [-0.2, -0.15) is 8.75 Å². The quantitative estimate of drug-likeness (QED) is 0.394. The summed E-state index contributed by atoms with van der Waals surface area (Å²) in [6.07, 6.45) is 0. The molecule has 0 saturated carbocycles. The average molecular weight is 430 g/mol. The van der Waals surface area contributed by atoms with Crippen molar-refractivity contribution in [2.24, 2.45) is 0 Å². The molecule has 0 unspecified atom stereocenters. The predicted molar refractivity (Wildman–Crippen MR) is 122 cm³/mol. The van der Waals surface area contributed by atoms with Crippen LogP contribution >= 0.6 is 11.7 Å². The molecule has 0 bridgehead atoms. The number of rotatable bonds is 5. The number of benzene rings is 3. The Morgan fingerprint density at radius 3 is 2.58 bits per heavy atom. The Hall–Kier alpha value is -3.91. The number of carboxylic acids is 1. The van der Waals surface area contributed by atoms with Gasteiger partial charge in [0.05, 0.1) is 18.8 Å². The Labute approximate surface area is 181 Å². The summed E-state index contributed by atoms with van der Waals surface area (Å²) in [6, 6.07) is 18.7. The smallest absolute Gasteiger partial charge is 0.353 e. The highest BCUT2D eigenvalue weighted by Crippen LogP contribution is 2.37. The average Bonchev–Trinajstić information content (AvgIpc) is 3.36. The summed E-state index contributed by atoms with van der Waals surface area (Å²) in [5, 5.41) is 11.0. The van der Waals surface area contributed by atoms with E-state index in [4.69, 9.17) is 10.5 Å². The highest BCUT2D eigenvalue weighted by atomic mass is 32.1. The zero-order chi connectivity index (χ0) is 21.5. The van der Waals surface area contributed by atoms with Crippen LogP contribution in [0.25, 0.3) is 33.1 Å². The normalized spacial score (nSPS) is 11.3. The van der Waals surface area contributed by atoms with Crippen LogP contribution in [-0.4, -0.2) is 31.5 Å². The van der Waals surface area contributed by atoms with Crippen molar-refractivity contribution < 1.29 is 14.6 Å². The van der Waals surface area contributed by atoms with Gasteiger partial charge in [0.25, 0.3) is 0 Å². The predicted octanol–water partition coefficient (Wildman–Crippen LogP) is 4.65. The molecule has 5 rings (SSSR count). The van der Waals surface area contributed by atoms with Gasteiger partial charge in [-0.05, 0) is 53.6 Å². The molecule has 3 aromatic carbocycles. The molecule has 0 aliphatic heterocycles. The van der Waals surface area contributed by atoms with Crippen molar-refractivity contribution in [2.75, 3.05) is 12.8 Å². The minimum absolute atomic E-state index is 0.207. The lowest BCUT2D eigenvalue weighted by Gasteiger charge is -2.10. The zero-order valence-corrected chi connectivity index (χ0v) is 17.4. The molecule has 0 fully saturated rings. The molecule has 0 saturated heterocycles. The van der Waals surface area contributed by atoms with Crippen LogP contribution in [0.15, 0.2) is 60.7 Å². The first-order valence-electron chi connectivity index (χ1n) is 9.56. The summed E-state index contributed by atoms with van der Waals surface area (Å²) >= 11 is 1.13. The van der Waals surface area contributed by atoms with Crippen molar-refractivity contribution in [3.05, 3.63) is 71.9 Å². The van der Waals surface area contributed by atoms with Gasteiger partial charge in [0.1, 0.15) is 22.5 Å². The van der Waals surface area contributed by atoms with Gasteiger partial charge in [0, 0.05) is 28.7 Å². The molecule has 154 valence electrons. The molecule has 2 aromatic heterocycles. The van der Waals surface area contributed by atoms with Gasteiger partial charge in [-0.15, -0.1) is 0 Å². The molecule has 31 heavy (non-hydrogen) atoms. The van der Waals surface area contributed by atoms with E-state index in [0.29, 0.717) is 17.8 Å². The van der Waals surface area contributed by atoms with Crippen molar-refractivity contribution in [3.63, 3.8) is 0 Å². The zero-order valence-electron chi connectivity index (χ0n) is 16.6. The molecule has 0 amide bonds. The monoisotopic (exact) mass is 430 g/mol. The Morgan fingerprint density at radius 2 is 1.84 bits per heavy atom. The van der Waals surface area contributed by atoms with Crippen LogP contribution < -0.4 is 10.5 Å². The van der Waals surface area contributed by atoms with Gasteiger partial charge < -0.3 is 20.1 Å². The van der Waals surface area contributed by atoms with Crippen LogP contribution in [0.4, 0.5) is 5.69 Å². The summed E-state index contributed by atoms with van der Waals surface area (Å²) in [5.41, 5.74) is 11.5. The second-order valence-corrected chi connectivity index (χ2v) is 7.74. The maximum Gasteiger partial charge on any atom is 0.353 e. The van der Waals surface area contributed by atoms with Crippen LogP contribution in [-0.2, 0) is 6.54 Å². The van der Waals surface area contributed by atoms with Crippen molar-refractivity contribution in [2.45, 2.75) is 6.54 Å². The Morgan fingerprint density at radius 1 is 1.06 bits per heavy atom. The van der Waals surface area contributed by atoms with Gasteiger partial charge in [0.15, 0.2) is 0 Å². The number of nitrogens with zero attached hydrogens (tertiary/aromatic N) is 3. The Balaban J connectivity index is 1.76. The van der Waals surface area contributed by atoms with Crippen molar-refractivity contribution in [1.82, 2.24) is 13.3 Å². The number of carbonyl (C=O) groups is 1. The second-order valence-electron chi connectivity index (χ2n) is 7.21. The molecule has 0 aliphatic carbocycles. The molecule has 8 heteroatoms. The van der Waals surface area contributed by atoms with E-state index in [1.54, 1.807) is 13.2 Å². The SMILES string of the molecule is COc1ccc(Cn2c(C(=O)O)c(-c3ccc4nsnc4c3)c3cc(N)ccc32)cc1. The molecule has 2 heterocycles. The molecule has 0 atom stereocenters. The van der Waals surface area contributed by atoms with E-state index < -0.39 is 5.97 Å². The highest BCUT2D eigenvalue weighted by molar-refractivity contribution is 7.00. The molecule has 5 aromatic rings. The number of anilines is 1. The summed E-state index contributed by atoms with van der Waals surface area (Å²) in [7, 11) is 1.61. The first kappa shape index (κ1) is 19.1. The molecule has 0 spiro atoms. The lowest BCUT2D eigenvalue weighted by atomic mass is 10.0. The lowest BCUT2D eigenvalue weighted by Crippen LogP contribution is -2.10. The summed E-state index contributed by atoms with van der Waals surface area (Å²) in [4.78, 5) is 12.5. The number of nitrogens with two attached hydrogens (primary N) is 1. The minimum Gasteiger partial charge on any atom is -0.497 e. The summed E-state index contributed by atoms with van der Waals surface area (Å²) < 4.78 is 15.6. The van der Waals surface area contributed by atoms with Crippen LogP contribution in [0.5, 0.6) is 5.75 Å². The molecule has 0 aliphatic rings. The number of nitrogen functional groups attached to an aromatic ring is 1. The van der Waals surface area contributed by atoms with E-state index in [0.717, 1.165) is 50.5 Å². The maximum atomic E-state index is 12.5. The third-order valence-electron chi connectivity index (χ3n) is 5.33. The third-order valence-corrected chi connectivity index (χ3v) is 5.89. The first-order valence-corrected chi connectivity index (χ1v) is 10.3. The van der Waals surface area contributed by atoms with E-state index in [1.807, 2.05) is 59.2 Å². The number of hydrogen-bond acceptors (Lipinski definition) is 6. The standard InChI is InChI=1S/C23H18N4O3S/c1-30-16-6-2-13(3-7-16)12-27-20-9-5-15(24)11-17(20)21(22(27)23(28)29)14-4-8-18-19(10-14)26-31-25-18/h2-11H,12,24H2,1H3,(H,28,29). The van der Waals surface area contributed by atoms with Crippen molar-refractivity contribution in [3.8, 4) is 16.9 Å². The fraction of sp³-hybridized carbons (Fsp3) is 0.0870. The van der Waals surface area contributed by atoms with E-state index in [9.17, 15) is 9.90 Å². The fourth-order valence-electron chi connectivity index (χ4n) is 3.90. The van der Waals surface area contributed by atoms with Crippen molar-refractivity contribution in [1.29, 1.82) is 0 Å². The van der Waals surface area contributed by atoms with Gasteiger partial charge in [0.2, 0.25) is 0 Å². The maximum absolute atomic E-state index is 12.5. The van der Waals surface area contributed by atoms with Crippen molar-refractivity contribution >= 4 is 45.3 Å². The van der Waals surface area contributed by atoms with Gasteiger partial charge in [-0.1, -0.05) is 18.2 Å². The van der Waals surface area contributed by atoms with Gasteiger partial charge in [-0.25, -0.2) is 4.79 Å². The molecular formula is C23H18N4O3S. The molecule has 0 radical (unpaired) electrons. The fourth-order valence-corrected chi connectivity index (χ4v) is 4.42. The summed E-state index contributed by atoms with van der Waals surface area (Å²) in [5.74, 6) is -0.256. The van der Waals surface area contributed by atoms with Gasteiger partial charge >= 0.3 is 5.97 Å². The Kier molecular flexibility index (Phi) is 4.56. The molecular weight excluding hydrogens is 412 g/mol. The number of hydrogen-bond donors (Lipinski definition) is 2. The number of carboxylic acid groups (broad SMARTS) is 1. The number of ether oxygens (including phenoxy) is 1. The van der Waals surface area contributed by atoms with E-state index in [1.165, 1.54) is 0 Å². The van der Waals surface area contributed by atoms with Crippen LogP contribution in [0.1, 0.15) is 16.1 Å². The van der Waals surface area contributed by atoms with E-state index in [-0.39, 0.29) is 5.69 Å². The molecule has 3 N–H and O–H groups in total. The number of methoxy groups -OCH3 is 1. The summed E-state index contributed by atoms with van der Waals surface area (Å²) in [6.45, 7) is 0.395. The Bertz CT molecular complexity index is 1440. The van der Waals surface area contributed by atoms with Crippen LogP contribution in [0, 0.1) is 0 Å². The highest BCUT2D eigenvalue weighted by Gasteiger charge is 2.24. The number of fused-ring (bicyclic) bond motifs is 2. The van der Waals surface area contributed by atoms with E-state index >= 15 is 0 Å². The van der Waals surface area contributed by atoms with E-state index in [2.05, 4.69) is 8.75 Å². The minimum atomic E-state index is -1.00.